The molecular weight excluding hydrogens is 853 g/mol. The Labute approximate surface area is 392 Å². The average Bonchev–Trinajstić information content (AvgIpc) is 3.71. The number of hydrogen-bond acceptors (Lipinski definition) is 8. The van der Waals surface area contributed by atoms with Crippen LogP contribution >= 0.6 is 0 Å². The van der Waals surface area contributed by atoms with Crippen molar-refractivity contribution in [2.24, 2.45) is 22.4 Å². The highest BCUT2D eigenvalue weighted by Crippen LogP contribution is 2.20. The number of carbonyl (C=O) groups excluding carboxylic acids is 6. The van der Waals surface area contributed by atoms with Gasteiger partial charge in [-0.2, -0.15) is 0 Å². The second kappa shape index (κ2) is 26.3. The van der Waals surface area contributed by atoms with Gasteiger partial charge in [-0.3, -0.25) is 33.8 Å². The molecule has 0 spiro atoms. The maximum atomic E-state index is 14.5. The first kappa shape index (κ1) is 51.1. The Morgan fingerprint density at radius 3 is 1.90 bits per heavy atom. The molecule has 1 aromatic heterocycles. The van der Waals surface area contributed by atoms with E-state index in [2.05, 4.69) is 54.0 Å². The van der Waals surface area contributed by atoms with Gasteiger partial charge in [-0.1, -0.05) is 80.9 Å². The number of guanidine groups is 1. The van der Waals surface area contributed by atoms with Crippen LogP contribution in [0.4, 0.5) is 0 Å². The van der Waals surface area contributed by atoms with Gasteiger partial charge in [0.25, 0.3) is 0 Å². The quantitative estimate of drug-likeness (QED) is 0.0333. The lowest BCUT2D eigenvalue weighted by molar-refractivity contribution is -0.134. The third-order valence-corrected chi connectivity index (χ3v) is 11.7. The van der Waals surface area contributed by atoms with Crippen molar-refractivity contribution in [1.29, 1.82) is 0 Å². The molecule has 5 unspecified atom stereocenters. The fraction of sp³-hybridized carbons (Fsp3) is 0.460. The van der Waals surface area contributed by atoms with Crippen LogP contribution in [-0.2, 0) is 48.0 Å². The number of aromatic hydroxyl groups is 1. The summed E-state index contributed by atoms with van der Waals surface area (Å²) >= 11 is 0. The molecule has 1 fully saturated rings. The number of aromatic amines is 1. The van der Waals surface area contributed by atoms with Crippen LogP contribution in [0.2, 0.25) is 0 Å². The Bertz CT molecular complexity index is 2280. The van der Waals surface area contributed by atoms with Crippen molar-refractivity contribution in [3.8, 4) is 5.75 Å². The number of para-hydroxylation sites is 1. The highest BCUT2D eigenvalue weighted by molar-refractivity contribution is 5.98. The molecule has 0 aliphatic carbocycles. The van der Waals surface area contributed by atoms with E-state index in [1.54, 1.807) is 18.3 Å². The molecule has 6 amide bonds. The van der Waals surface area contributed by atoms with Crippen molar-refractivity contribution in [3.05, 3.63) is 102 Å². The number of aromatic nitrogens is 1. The van der Waals surface area contributed by atoms with Crippen LogP contribution in [0.15, 0.2) is 90.1 Å². The molecule has 2 heterocycles. The second-order valence-corrected chi connectivity index (χ2v) is 17.7. The van der Waals surface area contributed by atoms with Gasteiger partial charge in [0.1, 0.15) is 36.0 Å². The van der Waals surface area contributed by atoms with Crippen molar-refractivity contribution < 1.29 is 33.9 Å². The minimum Gasteiger partial charge on any atom is -0.508 e. The summed E-state index contributed by atoms with van der Waals surface area (Å²) in [4.78, 5) is 91.7. The molecule has 1 saturated heterocycles. The van der Waals surface area contributed by atoms with Gasteiger partial charge in [0.05, 0.1) is 0 Å². The summed E-state index contributed by atoms with van der Waals surface area (Å²) in [7, 11) is 0. The lowest BCUT2D eigenvalue weighted by Crippen LogP contribution is -2.58. The number of rotatable bonds is 21. The van der Waals surface area contributed by atoms with E-state index in [4.69, 9.17) is 11.5 Å². The SMILES string of the molecule is CC(C)CC1NC(=O)C(Cc2c[nH]c3ccccc23)NC(=O)C(Cc2ccc(O)cc2)NC(=O)C(CCCCNC(=O)CCCCCc2ccccc2)NC(=O)C(CCCN=C(N)N)NC1=O. The molecule has 4 aromatic rings. The largest absolute Gasteiger partial charge is 0.508 e. The van der Waals surface area contributed by atoms with Gasteiger partial charge in [0.2, 0.25) is 35.4 Å². The van der Waals surface area contributed by atoms with Gasteiger partial charge < -0.3 is 53.5 Å². The molecule has 0 bridgehead atoms. The number of aliphatic imine (C=N–C) groups is 1. The Kier molecular flexibility index (Phi) is 20.0. The first-order chi connectivity index (χ1) is 32.2. The van der Waals surface area contributed by atoms with E-state index in [1.807, 2.05) is 56.3 Å². The van der Waals surface area contributed by atoms with Crippen LogP contribution in [-0.4, -0.2) is 94.8 Å². The predicted molar refractivity (Wildman–Crippen MR) is 258 cm³/mol. The topological polar surface area (TPSA) is 275 Å². The zero-order chi connectivity index (χ0) is 48.1. The highest BCUT2D eigenvalue weighted by atomic mass is 16.3. The Hall–Kier alpha value is -6.91. The number of nitrogens with zero attached hydrogens (tertiary/aromatic N) is 1. The number of H-pyrrole nitrogens is 1. The molecule has 1 aliphatic heterocycles. The van der Waals surface area contributed by atoms with Crippen LogP contribution in [0, 0.1) is 5.92 Å². The zero-order valence-corrected chi connectivity index (χ0v) is 38.7. The monoisotopic (exact) mass is 921 g/mol. The van der Waals surface area contributed by atoms with E-state index in [0.717, 1.165) is 42.1 Å². The van der Waals surface area contributed by atoms with Gasteiger partial charge in [-0.15, -0.1) is 0 Å². The Morgan fingerprint density at radius 2 is 1.22 bits per heavy atom. The fourth-order valence-corrected chi connectivity index (χ4v) is 8.14. The van der Waals surface area contributed by atoms with Gasteiger partial charge in [-0.05, 0) is 98.6 Å². The summed E-state index contributed by atoms with van der Waals surface area (Å²) in [5, 5.41) is 28.1. The number of phenols is 1. The van der Waals surface area contributed by atoms with E-state index in [1.165, 1.54) is 17.7 Å². The van der Waals surface area contributed by atoms with Crippen LogP contribution in [0.3, 0.4) is 0 Å². The van der Waals surface area contributed by atoms with E-state index >= 15 is 0 Å². The summed E-state index contributed by atoms with van der Waals surface area (Å²) in [6.07, 6.45) is 7.46. The van der Waals surface area contributed by atoms with Crippen molar-refractivity contribution >= 4 is 52.3 Å². The lowest BCUT2D eigenvalue weighted by atomic mass is 9.99. The van der Waals surface area contributed by atoms with E-state index < -0.39 is 59.7 Å². The number of amides is 6. The maximum Gasteiger partial charge on any atom is 0.243 e. The third-order valence-electron chi connectivity index (χ3n) is 11.7. The zero-order valence-electron chi connectivity index (χ0n) is 38.7. The molecule has 3 aromatic carbocycles. The summed E-state index contributed by atoms with van der Waals surface area (Å²) in [5.74, 6) is -3.48. The molecule has 17 nitrogen and oxygen atoms in total. The number of unbranched alkanes of at least 4 members (excludes halogenated alkanes) is 3. The van der Waals surface area contributed by atoms with Crippen LogP contribution < -0.4 is 43.4 Å². The first-order valence-electron chi connectivity index (χ1n) is 23.5. The number of carbonyl (C=O) groups is 6. The van der Waals surface area contributed by atoms with Crippen LogP contribution in [0.1, 0.15) is 94.7 Å². The van der Waals surface area contributed by atoms with Crippen molar-refractivity contribution in [1.82, 2.24) is 36.9 Å². The first-order valence-corrected chi connectivity index (χ1v) is 23.5. The van der Waals surface area contributed by atoms with Crippen molar-refractivity contribution in [2.45, 2.75) is 128 Å². The fourth-order valence-electron chi connectivity index (χ4n) is 8.14. The molecule has 12 N–H and O–H groups in total. The van der Waals surface area contributed by atoms with Gasteiger partial charge in [-0.25, -0.2) is 0 Å². The molecular formula is C50H68N10O7. The summed E-state index contributed by atoms with van der Waals surface area (Å²) in [6, 6.07) is 18.1. The van der Waals surface area contributed by atoms with Crippen LogP contribution in [0.25, 0.3) is 10.9 Å². The lowest BCUT2D eigenvalue weighted by Gasteiger charge is -2.26. The Balaban J connectivity index is 1.38. The van der Waals surface area contributed by atoms with Crippen LogP contribution in [0.5, 0.6) is 5.75 Å². The molecule has 1 aliphatic rings. The van der Waals surface area contributed by atoms with E-state index in [9.17, 15) is 33.9 Å². The molecule has 0 saturated carbocycles. The van der Waals surface area contributed by atoms with Gasteiger partial charge in [0.15, 0.2) is 5.96 Å². The minimum atomic E-state index is -1.24. The summed E-state index contributed by atoms with van der Waals surface area (Å²) in [6.45, 7) is 4.32. The van der Waals surface area contributed by atoms with E-state index in [0.29, 0.717) is 37.8 Å². The number of phenolic OH excluding ortho intramolecular Hbond substituents is 1. The number of nitrogens with one attached hydrogen (secondary N) is 7. The average molecular weight is 921 g/mol. The number of hydrogen-bond donors (Lipinski definition) is 10. The highest BCUT2D eigenvalue weighted by Gasteiger charge is 2.35. The molecule has 67 heavy (non-hydrogen) atoms. The van der Waals surface area contributed by atoms with Gasteiger partial charge >= 0.3 is 0 Å². The normalized spacial score (nSPS) is 19.6. The van der Waals surface area contributed by atoms with Crippen molar-refractivity contribution in [3.63, 3.8) is 0 Å². The predicted octanol–water partition coefficient (Wildman–Crippen LogP) is 3.29. The second-order valence-electron chi connectivity index (χ2n) is 17.7. The number of aryl methyl sites for hydroxylation is 1. The number of nitrogens with two attached hydrogens (primary N) is 2. The number of benzene rings is 3. The number of fused-ring (bicyclic) bond motifs is 1. The summed E-state index contributed by atoms with van der Waals surface area (Å²) in [5.41, 5.74) is 14.5. The maximum absolute atomic E-state index is 14.5. The molecule has 5 rings (SSSR count). The summed E-state index contributed by atoms with van der Waals surface area (Å²) < 4.78 is 0. The molecule has 360 valence electrons. The third kappa shape index (κ3) is 17.1. The Morgan fingerprint density at radius 1 is 0.642 bits per heavy atom. The standard InChI is InChI=1S/C50H68N10O7/c1-32(2)28-41-47(65)57-40(20-13-27-54-50(51)52)45(63)56-39(19-11-12-26-53-44(62)21-8-4-7-16-33-14-5-3-6-15-33)46(64)59-42(29-34-22-24-36(61)25-23-34)48(66)60-43(49(67)58-41)30-35-31-55-38-18-10-9-17-37(35)38/h3,5-6,9-10,14-15,17-18,22-25,31-32,39-43,55,61H,4,7-8,11-13,16,19-21,26-30H2,1-2H3,(H,53,62)(H,56,63)(H,57,65)(H,58,67)(H,59,64)(H,60,66)(H4,51,52,54). The minimum absolute atomic E-state index is 0.0135. The molecule has 5 atom stereocenters. The van der Waals surface area contributed by atoms with Gasteiger partial charge in [0, 0.05) is 49.5 Å². The van der Waals surface area contributed by atoms with E-state index in [-0.39, 0.29) is 62.2 Å². The molecule has 0 radical (unpaired) electrons. The molecule has 17 heteroatoms. The van der Waals surface area contributed by atoms with Crippen molar-refractivity contribution in [2.75, 3.05) is 13.1 Å². The smallest absolute Gasteiger partial charge is 0.243 e.